The number of rotatable bonds is 5. The summed E-state index contributed by atoms with van der Waals surface area (Å²) in [5.41, 5.74) is 1.60. The predicted octanol–water partition coefficient (Wildman–Crippen LogP) is 3.26. The van der Waals surface area contributed by atoms with Crippen LogP contribution in [0.1, 0.15) is 47.5 Å². The van der Waals surface area contributed by atoms with E-state index in [9.17, 15) is 4.79 Å². The van der Waals surface area contributed by atoms with Gasteiger partial charge in [-0.1, -0.05) is 6.92 Å². The lowest BCUT2D eigenvalue weighted by Crippen LogP contribution is -2.42. The number of ether oxygens (including phenoxy) is 2. The molecule has 0 spiro atoms. The Kier molecular flexibility index (Phi) is 6.38. The largest absolute Gasteiger partial charge is 0.465 e. The lowest BCUT2D eigenvalue weighted by Gasteiger charge is -2.21. The molecule has 0 aromatic carbocycles. The number of hydrogen-bond donors (Lipinski definition) is 2. The maximum Gasteiger partial charge on any atom is 0.341 e. The topological polar surface area (TPSA) is 59.6 Å². The van der Waals surface area contributed by atoms with Gasteiger partial charge in [-0.05, 0) is 50.9 Å². The number of anilines is 1. The van der Waals surface area contributed by atoms with Crippen molar-refractivity contribution in [3.05, 3.63) is 16.0 Å². The van der Waals surface area contributed by atoms with Gasteiger partial charge in [-0.25, -0.2) is 4.79 Å². The number of thiophene rings is 1. The number of nitrogens with one attached hydrogen (secondary N) is 2. The molecule has 1 aliphatic heterocycles. The van der Waals surface area contributed by atoms with E-state index in [-0.39, 0.29) is 18.1 Å². The van der Waals surface area contributed by atoms with E-state index >= 15 is 0 Å². The monoisotopic (exact) mass is 356 g/mol. The molecule has 2 atom stereocenters. The zero-order valence-electron chi connectivity index (χ0n) is 14.0. The maximum atomic E-state index is 12.1. The van der Waals surface area contributed by atoms with Gasteiger partial charge in [0.1, 0.15) is 5.00 Å². The Balaban J connectivity index is 2.09. The molecule has 1 fully saturated rings. The van der Waals surface area contributed by atoms with E-state index < -0.39 is 0 Å². The van der Waals surface area contributed by atoms with Gasteiger partial charge in [0.25, 0.3) is 0 Å². The quantitative estimate of drug-likeness (QED) is 0.624. The average Bonchev–Trinajstić information content (AvgIpc) is 3.14. The van der Waals surface area contributed by atoms with Crippen LogP contribution in [-0.4, -0.2) is 36.9 Å². The van der Waals surface area contributed by atoms with E-state index in [1.165, 1.54) is 18.4 Å². The van der Waals surface area contributed by atoms with Crippen molar-refractivity contribution in [2.24, 2.45) is 0 Å². The molecule has 23 heavy (non-hydrogen) atoms. The predicted molar refractivity (Wildman–Crippen MR) is 97.6 cm³/mol. The van der Waals surface area contributed by atoms with Gasteiger partial charge in [0.05, 0.1) is 24.8 Å². The molecule has 0 radical (unpaired) electrons. The highest BCUT2D eigenvalue weighted by Gasteiger charge is 2.25. The molecule has 2 rings (SSSR count). The summed E-state index contributed by atoms with van der Waals surface area (Å²) in [6.07, 6.45) is 3.10. The molecule has 7 heteroatoms. The second-order valence-corrected chi connectivity index (χ2v) is 7.26. The molecule has 128 valence electrons. The smallest absolute Gasteiger partial charge is 0.341 e. The molecule has 5 nitrogen and oxygen atoms in total. The number of aryl methyl sites for hydroxylation is 1. The minimum atomic E-state index is -0.330. The lowest BCUT2D eigenvalue weighted by molar-refractivity contribution is 0.0601. The Morgan fingerprint density at radius 3 is 2.87 bits per heavy atom. The van der Waals surface area contributed by atoms with Crippen LogP contribution in [0, 0.1) is 6.92 Å². The van der Waals surface area contributed by atoms with Gasteiger partial charge in [0, 0.05) is 11.5 Å². The SMILES string of the molecule is CCc1c(C)sc(NC(=S)N[C@H](C)[C@H]2CCCO2)c1C(=O)OC. The van der Waals surface area contributed by atoms with Gasteiger partial charge in [-0.2, -0.15) is 0 Å². The van der Waals surface area contributed by atoms with Crippen LogP contribution in [0.25, 0.3) is 0 Å². The highest BCUT2D eigenvalue weighted by atomic mass is 32.1. The van der Waals surface area contributed by atoms with E-state index in [0.717, 1.165) is 41.3 Å². The molecule has 1 aliphatic rings. The van der Waals surface area contributed by atoms with Gasteiger partial charge in [0.2, 0.25) is 0 Å². The number of thiocarbonyl (C=S) groups is 1. The van der Waals surface area contributed by atoms with Crippen molar-refractivity contribution in [3.8, 4) is 0 Å². The second-order valence-electron chi connectivity index (χ2n) is 5.62. The van der Waals surface area contributed by atoms with Gasteiger partial charge in [0.15, 0.2) is 5.11 Å². The normalized spacial score (nSPS) is 18.5. The van der Waals surface area contributed by atoms with Crippen LogP contribution in [0.5, 0.6) is 0 Å². The number of esters is 1. The first-order valence-corrected chi connectivity index (χ1v) is 9.10. The molecule has 1 aromatic rings. The third-order valence-electron chi connectivity index (χ3n) is 4.06. The van der Waals surface area contributed by atoms with Crippen molar-refractivity contribution in [1.29, 1.82) is 0 Å². The van der Waals surface area contributed by atoms with Crippen molar-refractivity contribution in [2.45, 2.75) is 52.2 Å². The molecule has 0 amide bonds. The van der Waals surface area contributed by atoms with Crippen LogP contribution in [0.3, 0.4) is 0 Å². The first-order valence-electron chi connectivity index (χ1n) is 7.87. The van der Waals surface area contributed by atoms with Gasteiger partial charge in [-0.15, -0.1) is 11.3 Å². The molecule has 1 saturated heterocycles. The zero-order valence-corrected chi connectivity index (χ0v) is 15.7. The molecule has 0 unspecified atom stereocenters. The fraction of sp³-hybridized carbons (Fsp3) is 0.625. The summed E-state index contributed by atoms with van der Waals surface area (Å²) in [7, 11) is 1.40. The average molecular weight is 357 g/mol. The summed E-state index contributed by atoms with van der Waals surface area (Å²) < 4.78 is 10.6. The fourth-order valence-corrected chi connectivity index (χ4v) is 4.34. The lowest BCUT2D eigenvalue weighted by atomic mass is 10.1. The van der Waals surface area contributed by atoms with E-state index in [0.29, 0.717) is 10.7 Å². The molecular weight excluding hydrogens is 332 g/mol. The Labute approximate surface area is 146 Å². The molecule has 2 N–H and O–H groups in total. The summed E-state index contributed by atoms with van der Waals surface area (Å²) in [5.74, 6) is -0.330. The van der Waals surface area contributed by atoms with Crippen molar-refractivity contribution < 1.29 is 14.3 Å². The summed E-state index contributed by atoms with van der Waals surface area (Å²) in [5, 5.41) is 7.65. The first kappa shape index (κ1) is 18.2. The molecule has 0 bridgehead atoms. The van der Waals surface area contributed by atoms with Crippen LogP contribution in [0.15, 0.2) is 0 Å². The third kappa shape index (κ3) is 4.22. The van der Waals surface area contributed by atoms with E-state index in [4.69, 9.17) is 21.7 Å². The van der Waals surface area contributed by atoms with Crippen LogP contribution in [-0.2, 0) is 15.9 Å². The number of methoxy groups -OCH3 is 1. The summed E-state index contributed by atoms with van der Waals surface area (Å²) in [6, 6.07) is 0.130. The third-order valence-corrected chi connectivity index (χ3v) is 5.34. The fourth-order valence-electron chi connectivity index (χ4n) is 2.85. The molecule has 0 aliphatic carbocycles. The van der Waals surface area contributed by atoms with E-state index in [1.807, 2.05) is 13.8 Å². The minimum absolute atomic E-state index is 0.130. The standard InChI is InChI=1S/C16H24N2O3S2/c1-5-11-10(3)23-14(13(11)15(19)20-4)18-16(22)17-9(2)12-7-6-8-21-12/h9,12H,5-8H2,1-4H3,(H2,17,18,22)/t9-,12-/m1/s1. The highest BCUT2D eigenvalue weighted by Crippen LogP contribution is 2.34. The summed E-state index contributed by atoms with van der Waals surface area (Å²) in [4.78, 5) is 13.2. The number of hydrogen-bond acceptors (Lipinski definition) is 5. The first-order chi connectivity index (χ1) is 11.0. The Bertz CT molecular complexity index is 580. The molecule has 0 saturated carbocycles. The Morgan fingerprint density at radius 1 is 1.57 bits per heavy atom. The number of carbonyl (C=O) groups is 1. The Hall–Kier alpha value is -1.18. The van der Waals surface area contributed by atoms with Gasteiger partial charge < -0.3 is 20.1 Å². The van der Waals surface area contributed by atoms with E-state index in [1.54, 1.807) is 0 Å². The van der Waals surface area contributed by atoms with Gasteiger partial charge in [-0.3, -0.25) is 0 Å². The summed E-state index contributed by atoms with van der Waals surface area (Å²) >= 11 is 6.92. The van der Waals surface area contributed by atoms with Crippen molar-refractivity contribution in [2.75, 3.05) is 19.0 Å². The molecule has 2 heterocycles. The minimum Gasteiger partial charge on any atom is -0.465 e. The van der Waals surface area contributed by atoms with Crippen molar-refractivity contribution in [1.82, 2.24) is 5.32 Å². The summed E-state index contributed by atoms with van der Waals surface area (Å²) in [6.45, 7) is 6.91. The van der Waals surface area contributed by atoms with Crippen LogP contribution in [0.4, 0.5) is 5.00 Å². The molecular formula is C16H24N2O3S2. The van der Waals surface area contributed by atoms with Crippen LogP contribution >= 0.6 is 23.6 Å². The van der Waals surface area contributed by atoms with Gasteiger partial charge >= 0.3 is 5.97 Å². The highest BCUT2D eigenvalue weighted by molar-refractivity contribution is 7.80. The van der Waals surface area contributed by atoms with Crippen molar-refractivity contribution >= 4 is 39.6 Å². The zero-order chi connectivity index (χ0) is 17.0. The number of carbonyl (C=O) groups excluding carboxylic acids is 1. The van der Waals surface area contributed by atoms with Crippen LogP contribution < -0.4 is 10.6 Å². The second kappa shape index (κ2) is 8.08. The van der Waals surface area contributed by atoms with Crippen molar-refractivity contribution in [3.63, 3.8) is 0 Å². The van der Waals surface area contributed by atoms with E-state index in [2.05, 4.69) is 17.6 Å². The maximum absolute atomic E-state index is 12.1. The Morgan fingerprint density at radius 2 is 2.30 bits per heavy atom. The molecule has 1 aromatic heterocycles. The van der Waals surface area contributed by atoms with Crippen LogP contribution in [0.2, 0.25) is 0 Å².